The van der Waals surface area contributed by atoms with Gasteiger partial charge in [0.25, 0.3) is 0 Å². The van der Waals surface area contributed by atoms with Crippen LogP contribution in [0, 0.1) is 5.92 Å². The van der Waals surface area contributed by atoms with E-state index < -0.39 is 0 Å². The molecule has 1 saturated heterocycles. The smallest absolute Gasteiger partial charge is 0.0623 e. The van der Waals surface area contributed by atoms with Crippen LogP contribution in [-0.4, -0.2) is 43.1 Å². The van der Waals surface area contributed by atoms with Crippen molar-refractivity contribution >= 4 is 24.2 Å². The monoisotopic (exact) mass is 368 g/mol. The summed E-state index contributed by atoms with van der Waals surface area (Å²) >= 11 is 2.07. The van der Waals surface area contributed by atoms with Crippen molar-refractivity contribution in [2.75, 3.05) is 26.3 Å². The van der Waals surface area contributed by atoms with Crippen molar-refractivity contribution in [1.29, 1.82) is 0 Å². The molecule has 0 aromatic heterocycles. The maximum Gasteiger partial charge on any atom is 0.0623 e. The van der Waals surface area contributed by atoms with E-state index in [0.29, 0.717) is 16.8 Å². The summed E-state index contributed by atoms with van der Waals surface area (Å²) in [4.78, 5) is 1.41. The van der Waals surface area contributed by atoms with Gasteiger partial charge >= 0.3 is 0 Å². The Balaban J connectivity index is 0.00000169. The van der Waals surface area contributed by atoms with E-state index in [4.69, 9.17) is 4.74 Å². The molecule has 2 N–H and O–H groups in total. The minimum atomic E-state index is 0. The fraction of sp³-hybridized carbons (Fsp3) is 0.684. The van der Waals surface area contributed by atoms with Crippen molar-refractivity contribution < 1.29 is 4.74 Å². The van der Waals surface area contributed by atoms with Gasteiger partial charge in [-0.05, 0) is 43.7 Å². The van der Waals surface area contributed by atoms with E-state index in [9.17, 15) is 0 Å². The van der Waals surface area contributed by atoms with Crippen molar-refractivity contribution in [2.45, 2.75) is 53.8 Å². The number of rotatable bonds is 6. The second kappa shape index (κ2) is 8.41. The van der Waals surface area contributed by atoms with Crippen LogP contribution < -0.4 is 10.6 Å². The van der Waals surface area contributed by atoms with E-state index in [0.717, 1.165) is 32.2 Å². The number of hydrogen-bond acceptors (Lipinski definition) is 4. The number of benzene rings is 1. The number of thioether (sulfide) groups is 1. The lowest BCUT2D eigenvalue weighted by molar-refractivity contribution is 0.0525. The molecule has 3 aliphatic rings. The van der Waals surface area contributed by atoms with Crippen LogP contribution in [0.3, 0.4) is 0 Å². The van der Waals surface area contributed by atoms with Crippen LogP contribution in [0.15, 0.2) is 35.2 Å². The first-order chi connectivity index (χ1) is 11.3. The minimum absolute atomic E-state index is 0. The number of ether oxygens (including phenoxy) is 1. The minimum Gasteiger partial charge on any atom is -0.379 e. The van der Waals surface area contributed by atoms with Gasteiger partial charge in [-0.15, -0.1) is 24.2 Å². The number of morpholine rings is 1. The highest BCUT2D eigenvalue weighted by Crippen LogP contribution is 2.51. The van der Waals surface area contributed by atoms with Gasteiger partial charge < -0.3 is 15.4 Å². The predicted molar refractivity (Wildman–Crippen MR) is 103 cm³/mol. The third kappa shape index (κ3) is 4.47. The van der Waals surface area contributed by atoms with Crippen LogP contribution in [0.25, 0.3) is 0 Å². The Kier molecular flexibility index (Phi) is 6.50. The third-order valence-electron chi connectivity index (χ3n) is 5.61. The van der Waals surface area contributed by atoms with Gasteiger partial charge in [-0.2, -0.15) is 0 Å². The van der Waals surface area contributed by atoms with E-state index in [2.05, 4.69) is 52.7 Å². The fourth-order valence-corrected chi connectivity index (χ4v) is 5.35. The van der Waals surface area contributed by atoms with Gasteiger partial charge in [0, 0.05) is 34.8 Å². The summed E-state index contributed by atoms with van der Waals surface area (Å²) in [5.41, 5.74) is 0. The van der Waals surface area contributed by atoms with Crippen molar-refractivity contribution in [3.05, 3.63) is 30.3 Å². The van der Waals surface area contributed by atoms with E-state index >= 15 is 0 Å². The van der Waals surface area contributed by atoms with Crippen molar-refractivity contribution in [3.63, 3.8) is 0 Å². The molecular weight excluding hydrogens is 340 g/mol. The highest BCUT2D eigenvalue weighted by molar-refractivity contribution is 8.01. The predicted octanol–water partition coefficient (Wildman–Crippen LogP) is 3.48. The molecule has 24 heavy (non-hydrogen) atoms. The summed E-state index contributed by atoms with van der Waals surface area (Å²) in [6.07, 6.45) is 6.73. The number of hydrogen-bond donors (Lipinski definition) is 2. The molecule has 3 atom stereocenters. The summed E-state index contributed by atoms with van der Waals surface area (Å²) in [5.74, 6) is 0.743. The van der Waals surface area contributed by atoms with Gasteiger partial charge in [0.1, 0.15) is 0 Å². The topological polar surface area (TPSA) is 33.3 Å². The molecule has 1 aliphatic heterocycles. The SMILES string of the molecule is Cl.c1ccc(SC2(CNC3CCCC3C3COCCN3)CC2)cc1. The van der Waals surface area contributed by atoms with Crippen LogP contribution in [0.4, 0.5) is 0 Å². The maximum atomic E-state index is 5.69. The van der Waals surface area contributed by atoms with Gasteiger partial charge in [-0.25, -0.2) is 0 Å². The molecule has 1 heterocycles. The van der Waals surface area contributed by atoms with Gasteiger partial charge in [-0.3, -0.25) is 0 Å². The number of halogens is 1. The lowest BCUT2D eigenvalue weighted by atomic mass is 9.94. The second-order valence-electron chi connectivity index (χ2n) is 7.32. The van der Waals surface area contributed by atoms with E-state index in [1.54, 1.807) is 0 Å². The Morgan fingerprint density at radius 2 is 2.04 bits per heavy atom. The molecule has 2 saturated carbocycles. The van der Waals surface area contributed by atoms with Gasteiger partial charge in [0.2, 0.25) is 0 Å². The first-order valence-electron chi connectivity index (χ1n) is 9.13. The number of nitrogens with one attached hydrogen (secondary N) is 2. The molecule has 0 spiro atoms. The quantitative estimate of drug-likeness (QED) is 0.805. The molecule has 5 heteroatoms. The first-order valence-corrected chi connectivity index (χ1v) is 9.95. The van der Waals surface area contributed by atoms with Crippen molar-refractivity contribution in [1.82, 2.24) is 10.6 Å². The Morgan fingerprint density at radius 3 is 2.75 bits per heavy atom. The van der Waals surface area contributed by atoms with E-state index in [-0.39, 0.29) is 12.4 Å². The zero-order chi connectivity index (χ0) is 15.5. The maximum absolute atomic E-state index is 5.69. The molecule has 2 aliphatic carbocycles. The normalized spacial score (nSPS) is 31.4. The lowest BCUT2D eigenvalue weighted by Crippen LogP contribution is -2.51. The molecule has 3 nitrogen and oxygen atoms in total. The van der Waals surface area contributed by atoms with E-state index in [1.807, 2.05) is 0 Å². The molecule has 1 aromatic carbocycles. The summed E-state index contributed by atoms with van der Waals surface area (Å²) in [6, 6.07) is 12.1. The Hall–Kier alpha value is -0.260. The van der Waals surface area contributed by atoms with Crippen molar-refractivity contribution in [2.24, 2.45) is 5.92 Å². The molecule has 1 aromatic rings. The molecule has 4 rings (SSSR count). The molecule has 3 unspecified atom stereocenters. The highest BCUT2D eigenvalue weighted by Gasteiger charge is 2.45. The first kappa shape index (κ1) is 18.5. The molecule has 0 bridgehead atoms. The van der Waals surface area contributed by atoms with Crippen LogP contribution in [0.5, 0.6) is 0 Å². The van der Waals surface area contributed by atoms with Crippen LogP contribution >= 0.6 is 24.2 Å². The van der Waals surface area contributed by atoms with Crippen molar-refractivity contribution in [3.8, 4) is 0 Å². The zero-order valence-electron chi connectivity index (χ0n) is 14.2. The molecule has 3 fully saturated rings. The third-order valence-corrected chi connectivity index (χ3v) is 7.10. The van der Waals surface area contributed by atoms with Crippen LogP contribution in [0.1, 0.15) is 32.1 Å². The summed E-state index contributed by atoms with van der Waals surface area (Å²) in [7, 11) is 0. The largest absolute Gasteiger partial charge is 0.379 e. The Morgan fingerprint density at radius 1 is 1.21 bits per heavy atom. The second-order valence-corrected chi connectivity index (χ2v) is 8.86. The molecular formula is C19H29ClN2OS. The Labute approximate surface area is 156 Å². The summed E-state index contributed by atoms with van der Waals surface area (Å²) in [5, 5.41) is 7.61. The average molecular weight is 369 g/mol. The average Bonchev–Trinajstić information content (AvgIpc) is 3.20. The molecule has 134 valence electrons. The molecule has 0 radical (unpaired) electrons. The lowest BCUT2D eigenvalue weighted by Gasteiger charge is -2.33. The Bertz CT molecular complexity index is 505. The zero-order valence-corrected chi connectivity index (χ0v) is 15.8. The van der Waals surface area contributed by atoms with Gasteiger partial charge in [0.15, 0.2) is 0 Å². The standard InChI is InChI=1S/C19H28N2OS.ClH/c1-2-5-15(6-3-1)23-19(9-10-19)14-21-17-8-4-7-16(17)18-13-22-12-11-20-18;/h1-3,5-6,16-18,20-21H,4,7-14H2;1H. The summed E-state index contributed by atoms with van der Waals surface area (Å²) < 4.78 is 6.13. The van der Waals surface area contributed by atoms with E-state index in [1.165, 1.54) is 37.0 Å². The molecule has 0 amide bonds. The van der Waals surface area contributed by atoms with Gasteiger partial charge in [-0.1, -0.05) is 24.6 Å². The van der Waals surface area contributed by atoms with Crippen LogP contribution in [0.2, 0.25) is 0 Å². The fourth-order valence-electron chi connectivity index (χ4n) is 4.09. The van der Waals surface area contributed by atoms with Crippen LogP contribution in [-0.2, 0) is 4.74 Å². The highest BCUT2D eigenvalue weighted by atomic mass is 35.5. The van der Waals surface area contributed by atoms with Gasteiger partial charge in [0.05, 0.1) is 13.2 Å². The summed E-state index contributed by atoms with van der Waals surface area (Å²) in [6.45, 7) is 3.94.